The number of aromatic nitrogens is 3. The topological polar surface area (TPSA) is 93.1 Å². The predicted octanol–water partition coefficient (Wildman–Crippen LogP) is 1.24. The Labute approximate surface area is 132 Å². The number of nitrogens with zero attached hydrogens (tertiary/aromatic N) is 4. The third-order valence-corrected chi connectivity index (χ3v) is 5.07. The Morgan fingerprint density at radius 1 is 1.41 bits per heavy atom. The van der Waals surface area contributed by atoms with Gasteiger partial charge in [-0.1, -0.05) is 18.3 Å². The fourth-order valence-corrected chi connectivity index (χ4v) is 3.76. The molecule has 1 amide bonds. The number of carbonyl (C=O) groups excluding carboxylic acids is 1. The van der Waals surface area contributed by atoms with Crippen molar-refractivity contribution in [1.29, 1.82) is 0 Å². The van der Waals surface area contributed by atoms with Gasteiger partial charge < -0.3 is 0 Å². The molecule has 0 aromatic carbocycles. The van der Waals surface area contributed by atoms with Gasteiger partial charge in [0, 0.05) is 37.2 Å². The average Bonchev–Trinajstić information content (AvgIpc) is 2.94. The van der Waals surface area contributed by atoms with Gasteiger partial charge in [0.05, 0.1) is 5.75 Å². The number of hydrogen-bond donors (Lipinski definition) is 0. The van der Waals surface area contributed by atoms with Crippen molar-refractivity contribution in [3.8, 4) is 10.6 Å². The van der Waals surface area contributed by atoms with Gasteiger partial charge in [-0.25, -0.2) is 8.42 Å². The SMILES string of the molecule is CC(CS(C)(=O)=O)C(=O)N(C)c1nnc(-c2cccnc2)s1. The van der Waals surface area contributed by atoms with E-state index >= 15 is 0 Å². The summed E-state index contributed by atoms with van der Waals surface area (Å²) >= 11 is 1.25. The Kier molecular flexibility index (Phi) is 4.87. The Balaban J connectivity index is 2.15. The molecule has 0 aliphatic carbocycles. The lowest BCUT2D eigenvalue weighted by Gasteiger charge is -2.17. The second kappa shape index (κ2) is 6.49. The van der Waals surface area contributed by atoms with E-state index in [1.165, 1.54) is 16.2 Å². The Morgan fingerprint density at radius 2 is 2.14 bits per heavy atom. The van der Waals surface area contributed by atoms with E-state index in [4.69, 9.17) is 0 Å². The van der Waals surface area contributed by atoms with Gasteiger partial charge in [-0.2, -0.15) is 0 Å². The third kappa shape index (κ3) is 4.08. The summed E-state index contributed by atoms with van der Waals surface area (Å²) in [5, 5.41) is 9.10. The highest BCUT2D eigenvalue weighted by Crippen LogP contribution is 2.28. The summed E-state index contributed by atoms with van der Waals surface area (Å²) < 4.78 is 22.6. The van der Waals surface area contributed by atoms with Crippen molar-refractivity contribution < 1.29 is 13.2 Å². The summed E-state index contributed by atoms with van der Waals surface area (Å²) in [5.74, 6) is -1.13. The molecule has 2 aromatic heterocycles. The Morgan fingerprint density at radius 3 is 2.73 bits per heavy atom. The minimum Gasteiger partial charge on any atom is -0.290 e. The number of sulfone groups is 1. The molecule has 0 spiro atoms. The van der Waals surface area contributed by atoms with Gasteiger partial charge in [0.1, 0.15) is 9.84 Å². The third-order valence-electron chi connectivity index (χ3n) is 2.91. The maximum Gasteiger partial charge on any atom is 0.232 e. The van der Waals surface area contributed by atoms with Gasteiger partial charge in [0.15, 0.2) is 5.01 Å². The van der Waals surface area contributed by atoms with E-state index in [0.717, 1.165) is 11.8 Å². The largest absolute Gasteiger partial charge is 0.290 e. The highest BCUT2D eigenvalue weighted by molar-refractivity contribution is 7.90. The molecule has 9 heteroatoms. The van der Waals surface area contributed by atoms with Crippen molar-refractivity contribution in [3.63, 3.8) is 0 Å². The lowest BCUT2D eigenvalue weighted by molar-refractivity contribution is -0.121. The molecule has 1 atom stereocenters. The Hall–Kier alpha value is -1.87. The fraction of sp³-hybridized carbons (Fsp3) is 0.385. The average molecular weight is 340 g/mol. The van der Waals surface area contributed by atoms with Crippen LogP contribution < -0.4 is 4.90 Å². The van der Waals surface area contributed by atoms with Crippen molar-refractivity contribution in [2.45, 2.75) is 6.92 Å². The van der Waals surface area contributed by atoms with Crippen molar-refractivity contribution in [2.75, 3.05) is 24.0 Å². The molecule has 0 bridgehead atoms. The fourth-order valence-electron chi connectivity index (χ4n) is 1.91. The van der Waals surface area contributed by atoms with Crippen molar-refractivity contribution >= 4 is 32.2 Å². The van der Waals surface area contributed by atoms with E-state index in [2.05, 4.69) is 15.2 Å². The normalized spacial score (nSPS) is 12.9. The van der Waals surface area contributed by atoms with Crippen molar-refractivity contribution in [3.05, 3.63) is 24.5 Å². The summed E-state index contributed by atoms with van der Waals surface area (Å²) in [4.78, 5) is 17.6. The molecule has 0 saturated carbocycles. The number of anilines is 1. The molecule has 2 aromatic rings. The molecular weight excluding hydrogens is 324 g/mol. The molecular formula is C13H16N4O3S2. The minimum atomic E-state index is -3.21. The number of amides is 1. The molecule has 1 unspecified atom stereocenters. The smallest absolute Gasteiger partial charge is 0.232 e. The second-order valence-corrected chi connectivity index (χ2v) is 8.16. The summed E-state index contributed by atoms with van der Waals surface area (Å²) in [7, 11) is -1.65. The van der Waals surface area contributed by atoms with Crippen LogP contribution in [0.1, 0.15) is 6.92 Å². The monoisotopic (exact) mass is 340 g/mol. The molecule has 2 heterocycles. The first-order chi connectivity index (χ1) is 10.3. The zero-order chi connectivity index (χ0) is 16.3. The molecule has 0 aliphatic heterocycles. The van der Waals surface area contributed by atoms with Crippen LogP contribution in [0.4, 0.5) is 5.13 Å². The van der Waals surface area contributed by atoms with Crippen LogP contribution in [0.5, 0.6) is 0 Å². The molecule has 118 valence electrons. The molecule has 22 heavy (non-hydrogen) atoms. The van der Waals surface area contributed by atoms with Crippen LogP contribution in [0.25, 0.3) is 10.6 Å². The lowest BCUT2D eigenvalue weighted by Crippen LogP contribution is -2.34. The molecule has 0 fully saturated rings. The van der Waals surface area contributed by atoms with Crippen LogP contribution >= 0.6 is 11.3 Å². The quantitative estimate of drug-likeness (QED) is 0.813. The zero-order valence-corrected chi connectivity index (χ0v) is 14.1. The maximum absolute atomic E-state index is 12.3. The number of rotatable bonds is 5. The maximum atomic E-state index is 12.3. The lowest BCUT2D eigenvalue weighted by atomic mass is 10.2. The van der Waals surface area contributed by atoms with Gasteiger partial charge in [0.25, 0.3) is 0 Å². The van der Waals surface area contributed by atoms with Crippen LogP contribution in [0.3, 0.4) is 0 Å². The highest BCUT2D eigenvalue weighted by atomic mass is 32.2. The molecule has 7 nitrogen and oxygen atoms in total. The molecule has 2 rings (SSSR count). The number of carbonyl (C=O) groups is 1. The molecule has 0 saturated heterocycles. The van der Waals surface area contributed by atoms with Crippen molar-refractivity contribution in [2.24, 2.45) is 5.92 Å². The van der Waals surface area contributed by atoms with E-state index in [-0.39, 0.29) is 11.7 Å². The van der Waals surface area contributed by atoms with Crippen LogP contribution in [-0.4, -0.2) is 48.6 Å². The number of pyridine rings is 1. The standard InChI is InChI=1S/C13H16N4O3S2/c1-9(8-22(3,19)20)12(18)17(2)13-16-15-11(21-13)10-5-4-6-14-7-10/h4-7,9H,8H2,1-3H3. The number of hydrogen-bond acceptors (Lipinski definition) is 7. The highest BCUT2D eigenvalue weighted by Gasteiger charge is 2.24. The predicted molar refractivity (Wildman–Crippen MR) is 85.4 cm³/mol. The van der Waals surface area contributed by atoms with E-state index < -0.39 is 15.8 Å². The van der Waals surface area contributed by atoms with Crippen LogP contribution in [0.15, 0.2) is 24.5 Å². The molecule has 0 aliphatic rings. The zero-order valence-electron chi connectivity index (χ0n) is 12.4. The van der Waals surface area contributed by atoms with Crippen LogP contribution in [0, 0.1) is 5.92 Å². The summed E-state index contributed by atoms with van der Waals surface area (Å²) in [5.41, 5.74) is 0.816. The van der Waals surface area contributed by atoms with E-state index in [9.17, 15) is 13.2 Å². The Bertz CT molecular complexity index is 759. The van der Waals surface area contributed by atoms with Crippen molar-refractivity contribution in [1.82, 2.24) is 15.2 Å². The second-order valence-electron chi connectivity index (χ2n) is 5.02. The van der Waals surface area contributed by atoms with Gasteiger partial charge in [0.2, 0.25) is 11.0 Å². The van der Waals surface area contributed by atoms with E-state index in [0.29, 0.717) is 10.1 Å². The first-order valence-electron chi connectivity index (χ1n) is 6.47. The summed E-state index contributed by atoms with van der Waals surface area (Å²) in [6.45, 7) is 1.59. The van der Waals surface area contributed by atoms with Gasteiger partial charge >= 0.3 is 0 Å². The van der Waals surface area contributed by atoms with Crippen LogP contribution in [-0.2, 0) is 14.6 Å². The van der Waals surface area contributed by atoms with Gasteiger partial charge in [-0.05, 0) is 12.1 Å². The molecule has 0 N–H and O–H groups in total. The van der Waals surface area contributed by atoms with E-state index in [1.807, 2.05) is 6.07 Å². The molecule has 0 radical (unpaired) electrons. The van der Waals surface area contributed by atoms with Gasteiger partial charge in [-0.15, -0.1) is 10.2 Å². The summed E-state index contributed by atoms with van der Waals surface area (Å²) in [6.07, 6.45) is 4.44. The first-order valence-corrected chi connectivity index (χ1v) is 9.35. The van der Waals surface area contributed by atoms with Gasteiger partial charge in [-0.3, -0.25) is 14.7 Å². The summed E-state index contributed by atoms with van der Waals surface area (Å²) in [6, 6.07) is 3.64. The first kappa shape index (κ1) is 16.5. The van der Waals surface area contributed by atoms with E-state index in [1.54, 1.807) is 32.4 Å². The van der Waals surface area contributed by atoms with Crippen LogP contribution in [0.2, 0.25) is 0 Å². The minimum absolute atomic E-state index is 0.190.